The Kier molecular flexibility index (Phi) is 10.4. The Morgan fingerprint density at radius 1 is 0.810 bits per heavy atom. The standard InChI is InChI=1S/C8H8O.C7H8.C4H8O/c1-7(9)8-5-3-2-4-6-8;1-7-5-3-2-4-6-7;1-3-4(2)5/h2-6H,1H3;2-6H,1H3;3H2,1-2H3. The van der Waals surface area contributed by atoms with E-state index in [0.29, 0.717) is 6.42 Å². The van der Waals surface area contributed by atoms with Gasteiger partial charge in [0.15, 0.2) is 5.78 Å². The molecule has 0 aliphatic heterocycles. The van der Waals surface area contributed by atoms with Crippen LogP contribution in [0.1, 0.15) is 43.1 Å². The first kappa shape index (κ1) is 18.8. The Hall–Kier alpha value is -2.22. The topological polar surface area (TPSA) is 34.1 Å². The first-order valence-electron chi connectivity index (χ1n) is 7.04. The predicted octanol–water partition coefficient (Wildman–Crippen LogP) is 4.87. The van der Waals surface area contributed by atoms with Gasteiger partial charge in [-0.2, -0.15) is 0 Å². The van der Waals surface area contributed by atoms with E-state index in [4.69, 9.17) is 0 Å². The highest BCUT2D eigenvalue weighted by molar-refractivity contribution is 5.93. The largest absolute Gasteiger partial charge is 0.300 e. The van der Waals surface area contributed by atoms with Crippen LogP contribution in [0, 0.1) is 6.92 Å². The zero-order valence-electron chi connectivity index (χ0n) is 13.3. The van der Waals surface area contributed by atoms with Crippen LogP contribution >= 0.6 is 0 Å². The minimum Gasteiger partial charge on any atom is -0.300 e. The lowest BCUT2D eigenvalue weighted by atomic mass is 10.2. The fraction of sp³-hybridized carbons (Fsp3) is 0.263. The van der Waals surface area contributed by atoms with Gasteiger partial charge >= 0.3 is 0 Å². The van der Waals surface area contributed by atoms with E-state index in [9.17, 15) is 9.59 Å². The molecule has 0 atom stereocenters. The maximum Gasteiger partial charge on any atom is 0.159 e. The van der Waals surface area contributed by atoms with Crippen LogP contribution in [-0.4, -0.2) is 11.6 Å². The van der Waals surface area contributed by atoms with Crippen molar-refractivity contribution in [2.24, 2.45) is 0 Å². The zero-order valence-corrected chi connectivity index (χ0v) is 13.3. The minimum atomic E-state index is 0.121. The van der Waals surface area contributed by atoms with Crippen LogP contribution in [0.4, 0.5) is 0 Å². The summed E-state index contributed by atoms with van der Waals surface area (Å²) in [5, 5.41) is 0. The summed E-state index contributed by atoms with van der Waals surface area (Å²) in [6.45, 7) is 7.08. The van der Waals surface area contributed by atoms with Gasteiger partial charge < -0.3 is 4.79 Å². The summed E-state index contributed by atoms with van der Waals surface area (Å²) < 4.78 is 0. The van der Waals surface area contributed by atoms with E-state index in [1.54, 1.807) is 13.8 Å². The van der Waals surface area contributed by atoms with Gasteiger partial charge in [0.1, 0.15) is 5.78 Å². The van der Waals surface area contributed by atoms with Crippen LogP contribution in [0.2, 0.25) is 0 Å². The van der Waals surface area contributed by atoms with Crippen LogP contribution < -0.4 is 0 Å². The molecule has 21 heavy (non-hydrogen) atoms. The number of benzene rings is 2. The molecular formula is C19H24O2. The number of carbonyl (C=O) groups is 2. The Morgan fingerprint density at radius 2 is 1.19 bits per heavy atom. The molecule has 2 aromatic rings. The lowest BCUT2D eigenvalue weighted by molar-refractivity contribution is -0.116. The van der Waals surface area contributed by atoms with Crippen molar-refractivity contribution in [3.63, 3.8) is 0 Å². The smallest absolute Gasteiger partial charge is 0.159 e. The molecule has 0 saturated heterocycles. The number of carbonyl (C=O) groups excluding carboxylic acids is 2. The molecule has 2 nitrogen and oxygen atoms in total. The molecule has 0 unspecified atom stereocenters. The summed E-state index contributed by atoms with van der Waals surface area (Å²) in [6.07, 6.45) is 0.667. The van der Waals surface area contributed by atoms with Gasteiger partial charge in [0.2, 0.25) is 0 Å². The molecule has 0 aliphatic rings. The van der Waals surface area contributed by atoms with Crippen LogP contribution in [0.5, 0.6) is 0 Å². The summed E-state index contributed by atoms with van der Waals surface area (Å²) in [5.41, 5.74) is 2.10. The van der Waals surface area contributed by atoms with Crippen molar-refractivity contribution in [2.75, 3.05) is 0 Å². The molecule has 2 heteroatoms. The third-order valence-electron chi connectivity index (χ3n) is 2.62. The van der Waals surface area contributed by atoms with Gasteiger partial charge in [-0.1, -0.05) is 73.2 Å². The second-order valence-electron chi connectivity index (χ2n) is 4.63. The highest BCUT2D eigenvalue weighted by atomic mass is 16.1. The van der Waals surface area contributed by atoms with Crippen molar-refractivity contribution in [3.8, 4) is 0 Å². The molecule has 0 saturated carbocycles. The number of ketones is 2. The fourth-order valence-electron chi connectivity index (χ4n) is 1.21. The van der Waals surface area contributed by atoms with Crippen LogP contribution in [0.15, 0.2) is 60.7 Å². The van der Waals surface area contributed by atoms with Crippen molar-refractivity contribution >= 4 is 11.6 Å². The molecule has 0 fully saturated rings. The van der Waals surface area contributed by atoms with E-state index in [-0.39, 0.29) is 11.6 Å². The Balaban J connectivity index is 0.000000300. The van der Waals surface area contributed by atoms with Gasteiger partial charge in [0, 0.05) is 12.0 Å². The average molecular weight is 284 g/mol. The molecular weight excluding hydrogens is 260 g/mol. The maximum absolute atomic E-state index is 10.6. The molecule has 112 valence electrons. The van der Waals surface area contributed by atoms with Crippen LogP contribution in [-0.2, 0) is 4.79 Å². The van der Waals surface area contributed by atoms with Gasteiger partial charge in [0.05, 0.1) is 0 Å². The predicted molar refractivity (Wildman–Crippen MR) is 88.6 cm³/mol. The summed E-state index contributed by atoms with van der Waals surface area (Å²) in [5.74, 6) is 0.376. The summed E-state index contributed by atoms with van der Waals surface area (Å²) in [6, 6.07) is 19.5. The van der Waals surface area contributed by atoms with Crippen molar-refractivity contribution < 1.29 is 9.59 Å². The summed E-state index contributed by atoms with van der Waals surface area (Å²) in [7, 11) is 0. The second kappa shape index (κ2) is 11.6. The molecule has 0 aromatic heterocycles. The first-order chi connectivity index (χ1) is 9.97. The Labute approximate surface area is 127 Å². The molecule has 0 heterocycles. The number of rotatable bonds is 2. The SMILES string of the molecule is CC(=O)c1ccccc1.CCC(C)=O.Cc1ccccc1. The molecule has 0 spiro atoms. The van der Waals surface area contributed by atoms with E-state index >= 15 is 0 Å². The van der Waals surface area contributed by atoms with Gasteiger partial charge in [-0.15, -0.1) is 0 Å². The van der Waals surface area contributed by atoms with Crippen LogP contribution in [0.3, 0.4) is 0 Å². The molecule has 0 N–H and O–H groups in total. The van der Waals surface area contributed by atoms with Gasteiger partial charge in [0.25, 0.3) is 0 Å². The van der Waals surface area contributed by atoms with E-state index in [2.05, 4.69) is 19.1 Å². The van der Waals surface area contributed by atoms with E-state index in [0.717, 1.165) is 5.56 Å². The lowest BCUT2D eigenvalue weighted by Crippen LogP contribution is -1.88. The van der Waals surface area contributed by atoms with E-state index in [1.165, 1.54) is 5.56 Å². The van der Waals surface area contributed by atoms with Gasteiger partial charge in [-0.05, 0) is 20.8 Å². The first-order valence-corrected chi connectivity index (χ1v) is 7.04. The lowest BCUT2D eigenvalue weighted by Gasteiger charge is -1.89. The summed E-state index contributed by atoms with van der Waals surface area (Å²) in [4.78, 5) is 20.5. The molecule has 0 aliphatic carbocycles. The number of Topliss-reactive ketones (excluding diaryl/α,β-unsaturated/α-hetero) is 2. The molecule has 0 radical (unpaired) electrons. The minimum absolute atomic E-state index is 0.121. The average Bonchev–Trinajstić information content (AvgIpc) is 2.50. The molecule has 2 aromatic carbocycles. The normalized spacial score (nSPS) is 8.57. The van der Waals surface area contributed by atoms with E-state index < -0.39 is 0 Å². The molecule has 0 bridgehead atoms. The number of hydrogen-bond donors (Lipinski definition) is 0. The number of aryl methyl sites for hydroxylation is 1. The third-order valence-corrected chi connectivity index (χ3v) is 2.62. The number of hydrogen-bond acceptors (Lipinski definition) is 2. The van der Waals surface area contributed by atoms with E-state index in [1.807, 2.05) is 55.5 Å². The van der Waals surface area contributed by atoms with Crippen molar-refractivity contribution in [1.29, 1.82) is 0 Å². The highest BCUT2D eigenvalue weighted by Gasteiger charge is 1.92. The Bertz CT molecular complexity index is 516. The Morgan fingerprint density at radius 3 is 1.38 bits per heavy atom. The van der Waals surface area contributed by atoms with Crippen LogP contribution in [0.25, 0.3) is 0 Å². The van der Waals surface area contributed by atoms with Crippen molar-refractivity contribution in [3.05, 3.63) is 71.8 Å². The monoisotopic (exact) mass is 284 g/mol. The fourth-order valence-corrected chi connectivity index (χ4v) is 1.21. The summed E-state index contributed by atoms with van der Waals surface area (Å²) >= 11 is 0. The van der Waals surface area contributed by atoms with Gasteiger partial charge in [-0.25, -0.2) is 0 Å². The third kappa shape index (κ3) is 11.3. The quantitative estimate of drug-likeness (QED) is 0.737. The highest BCUT2D eigenvalue weighted by Crippen LogP contribution is 1.97. The zero-order chi connectivity index (χ0) is 16.1. The molecule has 0 amide bonds. The second-order valence-corrected chi connectivity index (χ2v) is 4.63. The maximum atomic E-state index is 10.6. The van der Waals surface area contributed by atoms with Crippen molar-refractivity contribution in [2.45, 2.75) is 34.1 Å². The molecule has 2 rings (SSSR count). The van der Waals surface area contributed by atoms with Crippen molar-refractivity contribution in [1.82, 2.24) is 0 Å². The van der Waals surface area contributed by atoms with Gasteiger partial charge in [-0.3, -0.25) is 4.79 Å².